The lowest BCUT2D eigenvalue weighted by Gasteiger charge is -2.37. The Kier molecular flexibility index (Phi) is 3.65. The average Bonchev–Trinajstić information content (AvgIpc) is 2.88. The molecule has 2 aromatic rings. The first-order chi connectivity index (χ1) is 9.40. The van der Waals surface area contributed by atoms with Crippen molar-refractivity contribution in [1.29, 1.82) is 0 Å². The van der Waals surface area contributed by atoms with E-state index in [0.717, 1.165) is 24.7 Å². The molecule has 3 nitrogen and oxygen atoms in total. The topological polar surface area (TPSA) is 29.9 Å². The summed E-state index contributed by atoms with van der Waals surface area (Å²) in [7, 11) is 0. The molecule has 0 aliphatic heterocycles. The molecule has 1 aliphatic carbocycles. The minimum absolute atomic E-state index is 0.654. The van der Waals surface area contributed by atoms with Crippen LogP contribution in [0.25, 0.3) is 5.69 Å². The second-order valence-corrected chi connectivity index (χ2v) is 5.26. The van der Waals surface area contributed by atoms with Gasteiger partial charge in [-0.1, -0.05) is 25.1 Å². The van der Waals surface area contributed by atoms with E-state index in [4.69, 9.17) is 0 Å². The minimum Gasteiger partial charge on any atom is -0.317 e. The lowest BCUT2D eigenvalue weighted by molar-refractivity contribution is 0.239. The van der Waals surface area contributed by atoms with Crippen LogP contribution in [0.3, 0.4) is 0 Å². The van der Waals surface area contributed by atoms with E-state index >= 15 is 0 Å². The molecule has 0 saturated heterocycles. The number of benzene rings is 1. The molecule has 1 saturated carbocycles. The summed E-state index contributed by atoms with van der Waals surface area (Å²) < 4.78 is 2.10. The molecule has 0 bridgehead atoms. The molecular weight excluding hydrogens is 234 g/mol. The van der Waals surface area contributed by atoms with E-state index in [2.05, 4.69) is 52.4 Å². The van der Waals surface area contributed by atoms with Crippen LogP contribution in [0.2, 0.25) is 0 Å². The summed E-state index contributed by atoms with van der Waals surface area (Å²) in [6.45, 7) is 4.35. The second kappa shape index (κ2) is 5.57. The van der Waals surface area contributed by atoms with E-state index in [9.17, 15) is 0 Å². The van der Waals surface area contributed by atoms with Crippen molar-refractivity contribution in [1.82, 2.24) is 15.1 Å². The first-order valence-corrected chi connectivity index (χ1v) is 7.20. The zero-order valence-electron chi connectivity index (χ0n) is 11.4. The zero-order chi connectivity index (χ0) is 13.1. The Morgan fingerprint density at radius 2 is 2.05 bits per heavy atom. The monoisotopic (exact) mass is 255 g/mol. The first kappa shape index (κ1) is 12.4. The van der Waals surface area contributed by atoms with Crippen LogP contribution in [0.5, 0.6) is 0 Å². The van der Waals surface area contributed by atoms with E-state index in [1.54, 1.807) is 0 Å². The number of hydrogen-bond acceptors (Lipinski definition) is 2. The highest BCUT2D eigenvalue weighted by Crippen LogP contribution is 2.42. The summed E-state index contributed by atoms with van der Waals surface area (Å²) in [4.78, 5) is 0. The Labute approximate surface area is 114 Å². The molecule has 100 valence electrons. The lowest BCUT2D eigenvalue weighted by atomic mass is 9.71. The van der Waals surface area contributed by atoms with Crippen molar-refractivity contribution in [2.45, 2.75) is 25.7 Å². The summed E-state index contributed by atoms with van der Waals surface area (Å²) in [6.07, 6.45) is 4.54. The molecule has 1 aromatic carbocycles. The van der Waals surface area contributed by atoms with E-state index in [1.807, 2.05) is 12.3 Å². The molecule has 1 aromatic heterocycles. The van der Waals surface area contributed by atoms with Crippen molar-refractivity contribution in [2.24, 2.45) is 5.92 Å². The van der Waals surface area contributed by atoms with Gasteiger partial charge in [-0.05, 0) is 50.0 Å². The van der Waals surface area contributed by atoms with Gasteiger partial charge in [-0.3, -0.25) is 0 Å². The number of nitrogens with zero attached hydrogens (tertiary/aromatic N) is 2. The van der Waals surface area contributed by atoms with E-state index in [1.165, 1.54) is 18.5 Å². The molecule has 2 atom stereocenters. The van der Waals surface area contributed by atoms with Crippen molar-refractivity contribution >= 4 is 0 Å². The normalized spacial score (nSPS) is 22.2. The van der Waals surface area contributed by atoms with Crippen molar-refractivity contribution in [2.75, 3.05) is 13.1 Å². The van der Waals surface area contributed by atoms with Crippen molar-refractivity contribution in [3.63, 3.8) is 0 Å². The van der Waals surface area contributed by atoms with Gasteiger partial charge in [-0.2, -0.15) is 5.10 Å². The van der Waals surface area contributed by atoms with Gasteiger partial charge in [-0.25, -0.2) is 4.68 Å². The Morgan fingerprint density at radius 1 is 1.21 bits per heavy atom. The van der Waals surface area contributed by atoms with Gasteiger partial charge < -0.3 is 5.32 Å². The third-order valence-electron chi connectivity index (χ3n) is 4.13. The molecule has 3 rings (SSSR count). The van der Waals surface area contributed by atoms with Gasteiger partial charge >= 0.3 is 0 Å². The standard InChI is InChI=1S/C16H21N3/c1-2-17-12-13-8-9-15(13)16-10-11-18-19(16)14-6-4-3-5-7-14/h3-7,10-11,13,15,17H,2,8-9,12H2,1H3. The number of nitrogens with one attached hydrogen (secondary N) is 1. The van der Waals surface area contributed by atoms with E-state index in [-0.39, 0.29) is 0 Å². The van der Waals surface area contributed by atoms with Gasteiger partial charge in [0.1, 0.15) is 0 Å². The average molecular weight is 255 g/mol. The summed E-state index contributed by atoms with van der Waals surface area (Å²) >= 11 is 0. The third-order valence-corrected chi connectivity index (χ3v) is 4.13. The highest BCUT2D eigenvalue weighted by atomic mass is 15.3. The Bertz CT molecular complexity index is 518. The van der Waals surface area contributed by atoms with Crippen LogP contribution in [0.15, 0.2) is 42.6 Å². The summed E-state index contributed by atoms with van der Waals surface area (Å²) in [6, 6.07) is 12.6. The SMILES string of the molecule is CCNCC1CCC1c1ccnn1-c1ccccc1. The van der Waals surface area contributed by atoms with Crippen LogP contribution in [0.4, 0.5) is 0 Å². The fourth-order valence-electron chi connectivity index (χ4n) is 2.91. The number of aromatic nitrogens is 2. The number of rotatable bonds is 5. The highest BCUT2D eigenvalue weighted by Gasteiger charge is 2.33. The second-order valence-electron chi connectivity index (χ2n) is 5.26. The maximum Gasteiger partial charge on any atom is 0.0648 e. The van der Waals surface area contributed by atoms with Crippen LogP contribution < -0.4 is 5.32 Å². The van der Waals surface area contributed by atoms with E-state index in [0.29, 0.717) is 5.92 Å². The molecule has 0 spiro atoms. The molecule has 3 heteroatoms. The van der Waals surface area contributed by atoms with E-state index < -0.39 is 0 Å². The van der Waals surface area contributed by atoms with Gasteiger partial charge in [0.25, 0.3) is 0 Å². The number of hydrogen-bond donors (Lipinski definition) is 1. The maximum absolute atomic E-state index is 4.50. The van der Waals surface area contributed by atoms with Crippen LogP contribution >= 0.6 is 0 Å². The molecule has 1 N–H and O–H groups in total. The maximum atomic E-state index is 4.50. The molecular formula is C16H21N3. The fourth-order valence-corrected chi connectivity index (χ4v) is 2.91. The summed E-state index contributed by atoms with van der Waals surface area (Å²) in [5.74, 6) is 1.42. The first-order valence-electron chi connectivity index (χ1n) is 7.20. The van der Waals surface area contributed by atoms with Gasteiger partial charge in [0.05, 0.1) is 5.69 Å². The molecule has 19 heavy (non-hydrogen) atoms. The predicted octanol–water partition coefficient (Wildman–Crippen LogP) is 2.98. The predicted molar refractivity (Wildman–Crippen MR) is 77.6 cm³/mol. The van der Waals surface area contributed by atoms with Crippen molar-refractivity contribution in [3.05, 3.63) is 48.3 Å². The molecule has 1 aliphatic rings. The van der Waals surface area contributed by atoms with Gasteiger partial charge in [0.2, 0.25) is 0 Å². The van der Waals surface area contributed by atoms with Gasteiger partial charge in [-0.15, -0.1) is 0 Å². The summed E-state index contributed by atoms with van der Waals surface area (Å²) in [5.41, 5.74) is 2.52. The molecule has 1 fully saturated rings. The summed E-state index contributed by atoms with van der Waals surface area (Å²) in [5, 5.41) is 7.97. The van der Waals surface area contributed by atoms with Crippen molar-refractivity contribution in [3.8, 4) is 5.69 Å². The van der Waals surface area contributed by atoms with Gasteiger partial charge in [0, 0.05) is 17.8 Å². The Hall–Kier alpha value is -1.61. The lowest BCUT2D eigenvalue weighted by Crippen LogP contribution is -2.34. The smallest absolute Gasteiger partial charge is 0.0648 e. The third kappa shape index (κ3) is 2.43. The van der Waals surface area contributed by atoms with Crippen LogP contribution in [-0.4, -0.2) is 22.9 Å². The fraction of sp³-hybridized carbons (Fsp3) is 0.438. The molecule has 1 heterocycles. The Balaban J connectivity index is 1.81. The van der Waals surface area contributed by atoms with Gasteiger partial charge in [0.15, 0.2) is 0 Å². The minimum atomic E-state index is 0.654. The molecule has 0 radical (unpaired) electrons. The van der Waals surface area contributed by atoms with Crippen molar-refractivity contribution < 1.29 is 0 Å². The quantitative estimate of drug-likeness (QED) is 0.890. The largest absolute Gasteiger partial charge is 0.317 e. The Morgan fingerprint density at radius 3 is 2.74 bits per heavy atom. The number of para-hydroxylation sites is 1. The zero-order valence-corrected chi connectivity index (χ0v) is 11.4. The van der Waals surface area contributed by atoms with Crippen LogP contribution in [-0.2, 0) is 0 Å². The molecule has 0 amide bonds. The highest BCUT2D eigenvalue weighted by molar-refractivity contribution is 5.34. The van der Waals surface area contributed by atoms with Crippen LogP contribution in [0.1, 0.15) is 31.4 Å². The van der Waals surface area contributed by atoms with Crippen LogP contribution in [0, 0.1) is 5.92 Å². The molecule has 2 unspecified atom stereocenters.